The molecular formula is C21H26N4O3. The van der Waals surface area contributed by atoms with Gasteiger partial charge < -0.3 is 9.42 Å². The highest BCUT2D eigenvalue weighted by Crippen LogP contribution is 2.39. The number of benzene rings is 1. The van der Waals surface area contributed by atoms with E-state index in [2.05, 4.69) is 5.16 Å². The molecule has 3 aliphatic rings. The Hall–Kier alpha value is -2.41. The Bertz CT molecular complexity index is 818. The summed E-state index contributed by atoms with van der Waals surface area (Å²) >= 11 is 0. The number of amides is 2. The van der Waals surface area contributed by atoms with Crippen LogP contribution in [-0.2, 0) is 11.4 Å². The number of hydroxylamine groups is 2. The number of fused-ring (bicyclic) bond motifs is 2. The summed E-state index contributed by atoms with van der Waals surface area (Å²) in [6.07, 6.45) is 7.74. The molecule has 3 fully saturated rings. The second-order valence-electron chi connectivity index (χ2n) is 8.09. The van der Waals surface area contributed by atoms with E-state index in [9.17, 15) is 4.79 Å². The van der Waals surface area contributed by atoms with Gasteiger partial charge in [-0.3, -0.25) is 4.84 Å². The van der Waals surface area contributed by atoms with Crippen molar-refractivity contribution in [1.82, 2.24) is 20.1 Å². The molecule has 2 amide bonds. The monoisotopic (exact) mass is 382 g/mol. The van der Waals surface area contributed by atoms with Crippen molar-refractivity contribution in [1.29, 1.82) is 0 Å². The molecule has 28 heavy (non-hydrogen) atoms. The molecule has 0 N–H and O–H groups in total. The van der Waals surface area contributed by atoms with Gasteiger partial charge in [-0.05, 0) is 31.2 Å². The van der Waals surface area contributed by atoms with E-state index in [1.54, 1.807) is 5.06 Å². The van der Waals surface area contributed by atoms with Crippen molar-refractivity contribution in [2.45, 2.75) is 69.6 Å². The maximum atomic E-state index is 12.9. The summed E-state index contributed by atoms with van der Waals surface area (Å²) in [5.41, 5.74) is 1.05. The maximum absolute atomic E-state index is 12.9. The first-order valence-corrected chi connectivity index (χ1v) is 10.4. The number of rotatable bonds is 5. The molecule has 7 heteroatoms. The summed E-state index contributed by atoms with van der Waals surface area (Å²) in [6, 6.07) is 9.78. The van der Waals surface area contributed by atoms with E-state index in [0.29, 0.717) is 25.0 Å². The van der Waals surface area contributed by atoms with Gasteiger partial charge in [0.05, 0.1) is 6.04 Å². The lowest BCUT2D eigenvalue weighted by molar-refractivity contribution is -0.140. The predicted molar refractivity (Wildman–Crippen MR) is 101 cm³/mol. The SMILES string of the molecule is O=C1N2C[C@@H](CC[C@H]2c2nc(C3CCCCC3)no2)N1OCc1ccccc1. The molecule has 1 aromatic carbocycles. The molecule has 7 nitrogen and oxygen atoms in total. The van der Waals surface area contributed by atoms with Gasteiger partial charge in [0.25, 0.3) is 0 Å². The Morgan fingerprint density at radius 2 is 1.89 bits per heavy atom. The molecule has 2 bridgehead atoms. The number of urea groups is 1. The van der Waals surface area contributed by atoms with Crippen molar-refractivity contribution in [3.05, 3.63) is 47.6 Å². The van der Waals surface area contributed by atoms with Crippen LogP contribution in [0.25, 0.3) is 0 Å². The zero-order valence-electron chi connectivity index (χ0n) is 16.0. The molecule has 0 unspecified atom stereocenters. The van der Waals surface area contributed by atoms with Gasteiger partial charge in [-0.15, -0.1) is 0 Å². The minimum Gasteiger partial charge on any atom is -0.337 e. The predicted octanol–water partition coefficient (Wildman–Crippen LogP) is 4.19. The van der Waals surface area contributed by atoms with E-state index >= 15 is 0 Å². The second kappa shape index (κ2) is 7.54. The zero-order chi connectivity index (χ0) is 18.9. The molecule has 0 spiro atoms. The molecule has 0 radical (unpaired) electrons. The number of nitrogens with zero attached hydrogens (tertiary/aromatic N) is 4. The van der Waals surface area contributed by atoms with Crippen molar-refractivity contribution in [3.8, 4) is 0 Å². The van der Waals surface area contributed by atoms with Gasteiger partial charge in [0.2, 0.25) is 5.89 Å². The number of carbonyl (C=O) groups is 1. The smallest absolute Gasteiger partial charge is 0.337 e. The molecule has 1 saturated carbocycles. The lowest BCUT2D eigenvalue weighted by atomic mass is 9.89. The zero-order valence-corrected chi connectivity index (χ0v) is 16.0. The number of hydrogen-bond acceptors (Lipinski definition) is 5. The Labute approximate surface area is 164 Å². The van der Waals surface area contributed by atoms with E-state index in [4.69, 9.17) is 14.3 Å². The normalized spacial score (nSPS) is 25.5. The van der Waals surface area contributed by atoms with Crippen LogP contribution in [0.5, 0.6) is 0 Å². The summed E-state index contributed by atoms with van der Waals surface area (Å²) < 4.78 is 5.61. The van der Waals surface area contributed by atoms with Crippen LogP contribution in [0.4, 0.5) is 4.79 Å². The molecule has 1 aliphatic carbocycles. The van der Waals surface area contributed by atoms with Crippen LogP contribution in [0.2, 0.25) is 0 Å². The van der Waals surface area contributed by atoms with Gasteiger partial charge in [0.1, 0.15) is 12.6 Å². The number of aromatic nitrogens is 2. The van der Waals surface area contributed by atoms with Gasteiger partial charge in [0, 0.05) is 12.5 Å². The van der Waals surface area contributed by atoms with E-state index in [-0.39, 0.29) is 18.1 Å². The Balaban J connectivity index is 1.26. The van der Waals surface area contributed by atoms with Gasteiger partial charge >= 0.3 is 6.03 Å². The third kappa shape index (κ3) is 3.28. The fourth-order valence-electron chi connectivity index (χ4n) is 4.68. The van der Waals surface area contributed by atoms with Crippen LogP contribution < -0.4 is 0 Å². The van der Waals surface area contributed by atoms with Gasteiger partial charge in [-0.2, -0.15) is 10.0 Å². The standard InChI is InChI=1S/C21H26N4O3/c26-21-24-13-17(25(21)27-14-15-7-3-1-4-8-15)11-12-18(24)20-22-19(23-28-20)16-9-5-2-6-10-16/h1,3-4,7-8,16-18H,2,5-6,9-14H2/t17-,18+/m1/s1. The summed E-state index contributed by atoms with van der Waals surface area (Å²) in [5, 5.41) is 5.80. The van der Waals surface area contributed by atoms with Crippen molar-refractivity contribution >= 4 is 6.03 Å². The maximum Gasteiger partial charge on any atom is 0.345 e. The first kappa shape index (κ1) is 17.7. The van der Waals surface area contributed by atoms with E-state index in [0.717, 1.165) is 37.1 Å². The highest BCUT2D eigenvalue weighted by Gasteiger charge is 2.47. The third-order valence-electron chi connectivity index (χ3n) is 6.25. The molecule has 2 aromatic rings. The Morgan fingerprint density at radius 3 is 2.71 bits per heavy atom. The first-order valence-electron chi connectivity index (χ1n) is 10.4. The van der Waals surface area contributed by atoms with Crippen LogP contribution in [-0.4, -0.2) is 38.7 Å². The summed E-state index contributed by atoms with van der Waals surface area (Å²) in [4.78, 5) is 25.3. The van der Waals surface area contributed by atoms with Gasteiger partial charge in [-0.1, -0.05) is 54.8 Å². The Kier molecular flexibility index (Phi) is 4.76. The molecule has 3 heterocycles. The number of hydrogen-bond donors (Lipinski definition) is 0. The van der Waals surface area contributed by atoms with Crippen LogP contribution in [0.15, 0.2) is 34.9 Å². The lowest BCUT2D eigenvalue weighted by Gasteiger charge is -2.27. The molecule has 2 aliphatic heterocycles. The summed E-state index contributed by atoms with van der Waals surface area (Å²) in [7, 11) is 0. The third-order valence-corrected chi connectivity index (χ3v) is 6.25. The topological polar surface area (TPSA) is 71.7 Å². The minimum absolute atomic E-state index is 0.0909. The second-order valence-corrected chi connectivity index (χ2v) is 8.09. The van der Waals surface area contributed by atoms with E-state index in [1.807, 2.05) is 35.2 Å². The lowest BCUT2D eigenvalue weighted by Crippen LogP contribution is -2.34. The summed E-state index contributed by atoms with van der Waals surface area (Å²) in [6.45, 7) is 1.05. The summed E-state index contributed by atoms with van der Waals surface area (Å²) in [5.74, 6) is 1.81. The molecule has 2 atom stereocenters. The number of piperidine rings is 1. The minimum atomic E-state index is -0.140. The van der Waals surface area contributed by atoms with Crippen LogP contribution >= 0.6 is 0 Å². The van der Waals surface area contributed by atoms with Crippen molar-refractivity contribution in [2.75, 3.05) is 6.54 Å². The van der Waals surface area contributed by atoms with Crippen molar-refractivity contribution in [2.24, 2.45) is 0 Å². The fourth-order valence-corrected chi connectivity index (χ4v) is 4.68. The molecule has 1 aromatic heterocycles. The highest BCUT2D eigenvalue weighted by molar-refractivity contribution is 5.77. The quantitative estimate of drug-likeness (QED) is 0.775. The van der Waals surface area contributed by atoms with E-state index in [1.165, 1.54) is 19.3 Å². The average Bonchev–Trinajstić information content (AvgIpc) is 3.33. The fraction of sp³-hybridized carbons (Fsp3) is 0.571. The molecule has 5 rings (SSSR count). The Morgan fingerprint density at radius 1 is 1.07 bits per heavy atom. The highest BCUT2D eigenvalue weighted by atomic mass is 16.7. The van der Waals surface area contributed by atoms with Crippen LogP contribution in [0.1, 0.15) is 74.2 Å². The number of carbonyl (C=O) groups excluding carboxylic acids is 1. The van der Waals surface area contributed by atoms with Gasteiger partial charge in [0.15, 0.2) is 5.82 Å². The average molecular weight is 382 g/mol. The van der Waals surface area contributed by atoms with Crippen molar-refractivity contribution < 1.29 is 14.2 Å². The first-order chi connectivity index (χ1) is 13.8. The van der Waals surface area contributed by atoms with Crippen LogP contribution in [0.3, 0.4) is 0 Å². The van der Waals surface area contributed by atoms with E-state index < -0.39 is 0 Å². The van der Waals surface area contributed by atoms with Crippen LogP contribution in [0, 0.1) is 0 Å². The molecular weight excluding hydrogens is 356 g/mol. The molecule has 148 valence electrons. The van der Waals surface area contributed by atoms with Crippen molar-refractivity contribution in [3.63, 3.8) is 0 Å². The largest absolute Gasteiger partial charge is 0.345 e. The van der Waals surface area contributed by atoms with Gasteiger partial charge in [-0.25, -0.2) is 4.79 Å². The molecule has 2 saturated heterocycles.